The first kappa shape index (κ1) is 13.2. The number of hydrogen-bond donors (Lipinski definition) is 3. The van der Waals surface area contributed by atoms with Gasteiger partial charge in [-0.25, -0.2) is 9.18 Å². The van der Waals surface area contributed by atoms with E-state index in [1.807, 2.05) is 4.98 Å². The molecule has 8 nitrogen and oxygen atoms in total. The summed E-state index contributed by atoms with van der Waals surface area (Å²) in [7, 11) is 0. The third kappa shape index (κ3) is 2.46. The second-order valence-corrected chi connectivity index (χ2v) is 3.72. The van der Waals surface area contributed by atoms with E-state index in [2.05, 4.69) is 5.32 Å². The molecule has 0 aromatic carbocycles. The molecule has 0 radical (unpaired) electrons. The predicted molar refractivity (Wildman–Crippen MR) is 61.2 cm³/mol. The van der Waals surface area contributed by atoms with Gasteiger partial charge in [-0.1, -0.05) is 0 Å². The monoisotopic (exact) mass is 271 g/mol. The quantitative estimate of drug-likeness (QED) is 0.598. The maximum atomic E-state index is 13.3. The number of carbonyl (C=O) groups excluding carboxylic acids is 1. The first-order chi connectivity index (χ1) is 9.06. The van der Waals surface area contributed by atoms with Crippen LogP contribution in [0.4, 0.5) is 10.1 Å². The van der Waals surface area contributed by atoms with E-state index in [1.165, 1.54) is 0 Å². The molecule has 0 saturated carbocycles. The summed E-state index contributed by atoms with van der Waals surface area (Å²) < 4.78 is 19.3. The number of rotatable bonds is 4. The minimum absolute atomic E-state index is 0.181. The molecule has 0 bridgehead atoms. The Bertz CT molecular complexity index is 635. The fourth-order valence-electron chi connectivity index (χ4n) is 1.63. The average Bonchev–Trinajstić information content (AvgIpc) is 2.74. The van der Waals surface area contributed by atoms with Crippen LogP contribution in [0, 0.1) is 0 Å². The van der Waals surface area contributed by atoms with Crippen molar-refractivity contribution in [3.05, 3.63) is 38.9 Å². The van der Waals surface area contributed by atoms with Crippen molar-refractivity contribution in [1.82, 2.24) is 9.55 Å². The van der Waals surface area contributed by atoms with Crippen molar-refractivity contribution in [2.75, 3.05) is 11.9 Å². The predicted octanol–water partition coefficient (Wildman–Crippen LogP) is -1.15. The number of aliphatic hydroxyl groups excluding tert-OH is 1. The highest BCUT2D eigenvalue weighted by molar-refractivity contribution is 5.69. The van der Waals surface area contributed by atoms with Crippen LogP contribution in [-0.4, -0.2) is 33.8 Å². The van der Waals surface area contributed by atoms with Crippen LogP contribution in [0.3, 0.4) is 0 Å². The maximum Gasteiger partial charge on any atom is 0.330 e. The van der Waals surface area contributed by atoms with Gasteiger partial charge < -0.3 is 15.2 Å². The number of ether oxygens (including phenoxy) is 1. The van der Waals surface area contributed by atoms with Gasteiger partial charge in [-0.05, 0) is 6.08 Å². The number of anilines is 1. The van der Waals surface area contributed by atoms with Gasteiger partial charge in [0.1, 0.15) is 17.6 Å². The van der Waals surface area contributed by atoms with E-state index < -0.39 is 36.0 Å². The van der Waals surface area contributed by atoms with E-state index in [1.54, 1.807) is 0 Å². The van der Waals surface area contributed by atoms with Crippen LogP contribution in [0.5, 0.6) is 0 Å². The summed E-state index contributed by atoms with van der Waals surface area (Å²) in [6, 6.07) is 0. The Morgan fingerprint density at radius 3 is 2.89 bits per heavy atom. The molecule has 1 aliphatic rings. The SMILES string of the molecule is O=CNc1cn([C@@H]2C=C(F)[C@H](CO)O2)c(=O)[nH]c1=O. The zero-order valence-electron chi connectivity index (χ0n) is 9.50. The second kappa shape index (κ2) is 5.16. The van der Waals surface area contributed by atoms with Gasteiger partial charge in [-0.3, -0.25) is 19.1 Å². The average molecular weight is 271 g/mol. The number of carbonyl (C=O) groups is 1. The molecular formula is C10H10FN3O5. The van der Waals surface area contributed by atoms with Gasteiger partial charge in [0.05, 0.1) is 6.61 Å². The minimum atomic E-state index is -1.15. The van der Waals surface area contributed by atoms with E-state index in [-0.39, 0.29) is 12.1 Å². The summed E-state index contributed by atoms with van der Waals surface area (Å²) in [5, 5.41) is 10.9. The molecule has 0 aliphatic carbocycles. The molecule has 9 heteroatoms. The number of halogens is 1. The zero-order valence-corrected chi connectivity index (χ0v) is 9.50. The Morgan fingerprint density at radius 2 is 2.32 bits per heavy atom. The minimum Gasteiger partial charge on any atom is -0.393 e. The van der Waals surface area contributed by atoms with Crippen LogP contribution < -0.4 is 16.6 Å². The molecule has 0 saturated heterocycles. The van der Waals surface area contributed by atoms with Crippen molar-refractivity contribution in [2.24, 2.45) is 0 Å². The van der Waals surface area contributed by atoms with Gasteiger partial charge in [0.15, 0.2) is 6.23 Å². The van der Waals surface area contributed by atoms with E-state index >= 15 is 0 Å². The van der Waals surface area contributed by atoms with Crippen LogP contribution >= 0.6 is 0 Å². The highest BCUT2D eigenvalue weighted by Crippen LogP contribution is 2.26. The summed E-state index contributed by atoms with van der Waals surface area (Å²) in [5.41, 5.74) is -1.79. The van der Waals surface area contributed by atoms with Crippen molar-refractivity contribution in [2.45, 2.75) is 12.3 Å². The van der Waals surface area contributed by atoms with Crippen molar-refractivity contribution >= 4 is 12.1 Å². The molecule has 2 heterocycles. The summed E-state index contributed by atoms with van der Waals surface area (Å²) in [6.45, 7) is -0.573. The number of hydrogen-bond acceptors (Lipinski definition) is 5. The van der Waals surface area contributed by atoms with Gasteiger partial charge in [-0.2, -0.15) is 0 Å². The highest BCUT2D eigenvalue weighted by atomic mass is 19.1. The van der Waals surface area contributed by atoms with Gasteiger partial charge in [0.2, 0.25) is 6.41 Å². The Labute approximate surface area is 105 Å². The Kier molecular flexibility index (Phi) is 3.58. The molecule has 0 fully saturated rings. The van der Waals surface area contributed by atoms with Crippen LogP contribution in [0.15, 0.2) is 27.7 Å². The lowest BCUT2D eigenvalue weighted by Crippen LogP contribution is -2.33. The van der Waals surface area contributed by atoms with Gasteiger partial charge in [0, 0.05) is 6.20 Å². The topological polar surface area (TPSA) is 113 Å². The van der Waals surface area contributed by atoms with Crippen LogP contribution in [0.2, 0.25) is 0 Å². The number of amides is 1. The number of nitrogens with one attached hydrogen (secondary N) is 2. The van der Waals surface area contributed by atoms with E-state index in [9.17, 15) is 18.8 Å². The van der Waals surface area contributed by atoms with Crippen LogP contribution in [-0.2, 0) is 9.53 Å². The highest BCUT2D eigenvalue weighted by Gasteiger charge is 2.28. The molecule has 3 N–H and O–H groups in total. The van der Waals surface area contributed by atoms with Gasteiger partial charge in [0.25, 0.3) is 5.56 Å². The number of aromatic nitrogens is 2. The zero-order chi connectivity index (χ0) is 14.0. The first-order valence-electron chi connectivity index (χ1n) is 5.26. The number of nitrogens with zero attached hydrogens (tertiary/aromatic N) is 1. The molecule has 0 spiro atoms. The number of aliphatic hydroxyl groups is 1. The molecule has 1 aliphatic heterocycles. The lowest BCUT2D eigenvalue weighted by Gasteiger charge is -2.15. The molecule has 1 amide bonds. The van der Waals surface area contributed by atoms with Crippen molar-refractivity contribution in [1.29, 1.82) is 0 Å². The van der Waals surface area contributed by atoms with E-state index in [4.69, 9.17) is 9.84 Å². The lowest BCUT2D eigenvalue weighted by atomic mass is 10.3. The Hall–Kier alpha value is -2.26. The molecule has 0 unspecified atom stereocenters. The van der Waals surface area contributed by atoms with Crippen molar-refractivity contribution in [3.8, 4) is 0 Å². The van der Waals surface area contributed by atoms with E-state index in [0.29, 0.717) is 0 Å². The largest absolute Gasteiger partial charge is 0.393 e. The molecular weight excluding hydrogens is 261 g/mol. The maximum absolute atomic E-state index is 13.3. The number of H-pyrrole nitrogens is 1. The molecule has 102 valence electrons. The number of aromatic amines is 1. The Morgan fingerprint density at radius 1 is 1.58 bits per heavy atom. The van der Waals surface area contributed by atoms with Gasteiger partial charge >= 0.3 is 5.69 Å². The fourth-order valence-corrected chi connectivity index (χ4v) is 1.63. The van der Waals surface area contributed by atoms with Crippen molar-refractivity contribution < 1.29 is 19.0 Å². The summed E-state index contributed by atoms with van der Waals surface area (Å²) in [6.07, 6.45) is 0.0386. The van der Waals surface area contributed by atoms with Crippen LogP contribution in [0.1, 0.15) is 6.23 Å². The summed E-state index contributed by atoms with van der Waals surface area (Å²) >= 11 is 0. The summed E-state index contributed by atoms with van der Waals surface area (Å²) in [4.78, 5) is 35.2. The smallest absolute Gasteiger partial charge is 0.330 e. The molecule has 1 aromatic rings. The van der Waals surface area contributed by atoms with Crippen LogP contribution in [0.25, 0.3) is 0 Å². The second-order valence-electron chi connectivity index (χ2n) is 3.72. The third-order valence-electron chi connectivity index (χ3n) is 2.54. The first-order valence-corrected chi connectivity index (χ1v) is 5.26. The Balaban J connectivity index is 2.41. The molecule has 1 aromatic heterocycles. The third-order valence-corrected chi connectivity index (χ3v) is 2.54. The van der Waals surface area contributed by atoms with Gasteiger partial charge in [-0.15, -0.1) is 0 Å². The fraction of sp³-hybridized carbons (Fsp3) is 0.300. The normalized spacial score (nSPS) is 22.1. The lowest BCUT2D eigenvalue weighted by molar-refractivity contribution is -0.105. The molecule has 19 heavy (non-hydrogen) atoms. The van der Waals surface area contributed by atoms with Crippen molar-refractivity contribution in [3.63, 3.8) is 0 Å². The summed E-state index contributed by atoms with van der Waals surface area (Å²) in [5.74, 6) is -0.713. The van der Waals surface area contributed by atoms with E-state index in [0.717, 1.165) is 16.8 Å². The molecule has 2 rings (SSSR count). The molecule has 2 atom stereocenters. The standard InChI is InChI=1S/C10H10FN3O5/c11-5-1-8(19-7(5)3-15)14-2-6(12-4-16)9(17)13-10(14)18/h1-2,4,7-8,15H,3H2,(H,12,16)(H,13,17,18)/t7-,8-/m0/s1.